The van der Waals surface area contributed by atoms with Gasteiger partial charge in [-0.2, -0.15) is 0 Å². The average molecular weight is 437 g/mol. The van der Waals surface area contributed by atoms with Crippen LogP contribution >= 0.6 is 0 Å². The number of nitrogens with one attached hydrogen (secondary N) is 2. The van der Waals surface area contributed by atoms with E-state index in [1.54, 1.807) is 43.3 Å². The summed E-state index contributed by atoms with van der Waals surface area (Å²) in [6, 6.07) is 13.4. The Morgan fingerprint density at radius 3 is 2.41 bits per heavy atom. The largest absolute Gasteiger partial charge is 0.481 e. The predicted molar refractivity (Wildman–Crippen MR) is 119 cm³/mol. The van der Waals surface area contributed by atoms with E-state index in [0.717, 1.165) is 5.56 Å². The number of benzene rings is 2. The number of carboxylic acids is 1. The third-order valence-electron chi connectivity index (χ3n) is 5.07. The van der Waals surface area contributed by atoms with Gasteiger partial charge in [0.1, 0.15) is 11.5 Å². The van der Waals surface area contributed by atoms with Gasteiger partial charge < -0.3 is 20.3 Å². The molecule has 0 saturated heterocycles. The van der Waals surface area contributed by atoms with Crippen molar-refractivity contribution in [1.82, 2.24) is 9.88 Å². The van der Waals surface area contributed by atoms with Crippen LogP contribution in [0.3, 0.4) is 0 Å². The highest BCUT2D eigenvalue weighted by molar-refractivity contribution is 5.90. The molecule has 0 radical (unpaired) electrons. The lowest BCUT2D eigenvalue weighted by molar-refractivity contribution is -0.137. The van der Waals surface area contributed by atoms with Crippen LogP contribution in [0.2, 0.25) is 0 Å². The smallest absolute Gasteiger partial charge is 0.319 e. The van der Waals surface area contributed by atoms with Gasteiger partial charge in [0.15, 0.2) is 0 Å². The molecule has 0 aliphatic carbocycles. The Hall–Kier alpha value is -3.94. The lowest BCUT2D eigenvalue weighted by atomic mass is 10.0. The fourth-order valence-corrected chi connectivity index (χ4v) is 3.29. The number of carbonyl (C=O) groups excluding carboxylic acids is 1. The number of nitrogens with zero attached hydrogens (tertiary/aromatic N) is 1. The molecule has 32 heavy (non-hydrogen) atoms. The lowest BCUT2D eigenvalue weighted by Crippen LogP contribution is -2.36. The highest BCUT2D eigenvalue weighted by Crippen LogP contribution is 2.18. The monoisotopic (exact) mass is 437 g/mol. The number of carbonyl (C=O) groups is 2. The Balaban J connectivity index is 1.81. The summed E-state index contributed by atoms with van der Waals surface area (Å²) in [4.78, 5) is 36.9. The first kappa shape index (κ1) is 22.7. The maximum absolute atomic E-state index is 14.0. The Morgan fingerprint density at radius 2 is 1.75 bits per heavy atom. The molecular formula is C24H24FN3O4. The number of amides is 2. The van der Waals surface area contributed by atoms with Gasteiger partial charge >= 0.3 is 12.0 Å². The molecule has 1 aromatic heterocycles. The van der Waals surface area contributed by atoms with Crippen LogP contribution in [-0.4, -0.2) is 21.7 Å². The zero-order valence-corrected chi connectivity index (χ0v) is 17.8. The number of pyridine rings is 1. The number of aryl methyl sites for hydroxylation is 2. The van der Waals surface area contributed by atoms with Gasteiger partial charge in [0.05, 0.1) is 19.0 Å². The first-order chi connectivity index (χ1) is 15.2. The normalized spacial score (nSPS) is 11.6. The van der Waals surface area contributed by atoms with E-state index in [9.17, 15) is 23.9 Å². The van der Waals surface area contributed by atoms with Gasteiger partial charge in [-0.15, -0.1) is 0 Å². The van der Waals surface area contributed by atoms with Gasteiger partial charge in [-0.3, -0.25) is 9.59 Å². The van der Waals surface area contributed by atoms with Crippen molar-refractivity contribution in [3.8, 4) is 0 Å². The molecule has 2 aromatic carbocycles. The maximum atomic E-state index is 14.0. The third kappa shape index (κ3) is 5.60. The molecule has 7 nitrogen and oxygen atoms in total. The number of rotatable bonds is 7. The molecule has 1 heterocycles. The summed E-state index contributed by atoms with van der Waals surface area (Å²) in [6.45, 7) is 3.58. The number of anilines is 1. The highest BCUT2D eigenvalue weighted by Gasteiger charge is 2.20. The van der Waals surface area contributed by atoms with Gasteiger partial charge in [0, 0.05) is 11.8 Å². The van der Waals surface area contributed by atoms with Crippen molar-refractivity contribution < 1.29 is 19.1 Å². The zero-order chi connectivity index (χ0) is 23.3. The molecular weight excluding hydrogens is 413 g/mol. The number of halogens is 1. The summed E-state index contributed by atoms with van der Waals surface area (Å²) in [5.41, 5.74) is 2.06. The molecule has 2 amide bonds. The van der Waals surface area contributed by atoms with Crippen molar-refractivity contribution >= 4 is 17.7 Å². The van der Waals surface area contributed by atoms with Gasteiger partial charge in [-0.05, 0) is 37.1 Å². The zero-order valence-electron chi connectivity index (χ0n) is 17.8. The first-order valence-corrected chi connectivity index (χ1v) is 10.0. The number of urea groups is 1. The number of aromatic nitrogens is 1. The van der Waals surface area contributed by atoms with E-state index in [-0.39, 0.29) is 18.7 Å². The van der Waals surface area contributed by atoms with Crippen molar-refractivity contribution in [3.05, 3.63) is 99.2 Å². The van der Waals surface area contributed by atoms with Crippen LogP contribution in [0.25, 0.3) is 0 Å². The summed E-state index contributed by atoms with van der Waals surface area (Å²) in [6.07, 6.45) is 1.22. The molecule has 0 aliphatic rings. The Morgan fingerprint density at radius 1 is 1.06 bits per heavy atom. The molecule has 0 aliphatic heterocycles. The van der Waals surface area contributed by atoms with E-state index in [4.69, 9.17) is 0 Å². The molecule has 0 spiro atoms. The highest BCUT2D eigenvalue weighted by atomic mass is 19.1. The SMILES string of the molecule is Cc1ccc([C@H](CC(=O)O)NC(=O)Nc2c(C)ccn(Cc3ccccc3F)c2=O)cc1. The van der Waals surface area contributed by atoms with E-state index in [1.165, 1.54) is 16.8 Å². The van der Waals surface area contributed by atoms with Crippen molar-refractivity contribution in [2.24, 2.45) is 0 Å². The number of carboxylic acid groups (broad SMARTS) is 1. The Labute approximate surface area is 184 Å². The summed E-state index contributed by atoms with van der Waals surface area (Å²) < 4.78 is 15.3. The fourth-order valence-electron chi connectivity index (χ4n) is 3.29. The summed E-state index contributed by atoms with van der Waals surface area (Å²) in [7, 11) is 0. The summed E-state index contributed by atoms with van der Waals surface area (Å²) >= 11 is 0. The van der Waals surface area contributed by atoms with E-state index in [2.05, 4.69) is 10.6 Å². The standard InChI is InChI=1S/C24H24FN3O4/c1-15-7-9-17(10-8-15)20(13-21(29)30)26-24(32)27-22-16(2)11-12-28(23(22)31)14-18-5-3-4-6-19(18)25/h3-12,20H,13-14H2,1-2H3,(H,29,30)(H2,26,27,32)/t20-/m0/s1. The molecule has 3 N–H and O–H groups in total. The van der Waals surface area contributed by atoms with Gasteiger partial charge in [-0.1, -0.05) is 48.0 Å². The quantitative estimate of drug-likeness (QED) is 0.520. The number of hydrogen-bond donors (Lipinski definition) is 3. The van der Waals surface area contributed by atoms with Crippen LogP contribution in [0.4, 0.5) is 14.9 Å². The molecule has 3 rings (SSSR count). The molecule has 0 saturated carbocycles. The second-order valence-electron chi connectivity index (χ2n) is 7.56. The first-order valence-electron chi connectivity index (χ1n) is 10.0. The number of aliphatic carboxylic acids is 1. The minimum absolute atomic E-state index is 0.00704. The molecule has 166 valence electrons. The van der Waals surface area contributed by atoms with Crippen LogP contribution in [0, 0.1) is 19.7 Å². The maximum Gasteiger partial charge on any atom is 0.319 e. The molecule has 8 heteroatoms. The molecule has 0 fully saturated rings. The van der Waals surface area contributed by atoms with Crippen molar-refractivity contribution in [2.75, 3.05) is 5.32 Å². The van der Waals surface area contributed by atoms with E-state index in [0.29, 0.717) is 16.7 Å². The Kier molecular flexibility index (Phi) is 7.04. The van der Waals surface area contributed by atoms with Crippen LogP contribution in [0.1, 0.15) is 34.7 Å². The van der Waals surface area contributed by atoms with Gasteiger partial charge in [-0.25, -0.2) is 9.18 Å². The van der Waals surface area contributed by atoms with E-state index < -0.39 is 29.4 Å². The van der Waals surface area contributed by atoms with Crippen LogP contribution in [-0.2, 0) is 11.3 Å². The number of hydrogen-bond acceptors (Lipinski definition) is 3. The van der Waals surface area contributed by atoms with Crippen molar-refractivity contribution in [3.63, 3.8) is 0 Å². The van der Waals surface area contributed by atoms with Crippen LogP contribution in [0.5, 0.6) is 0 Å². The summed E-state index contributed by atoms with van der Waals surface area (Å²) in [5.74, 6) is -1.50. The van der Waals surface area contributed by atoms with Gasteiger partial charge in [0.2, 0.25) is 0 Å². The predicted octanol–water partition coefficient (Wildman–Crippen LogP) is 3.99. The fraction of sp³-hybridized carbons (Fsp3) is 0.208. The lowest BCUT2D eigenvalue weighted by Gasteiger charge is -2.19. The van der Waals surface area contributed by atoms with Crippen LogP contribution < -0.4 is 16.2 Å². The molecule has 1 atom stereocenters. The molecule has 0 unspecified atom stereocenters. The second-order valence-corrected chi connectivity index (χ2v) is 7.56. The Bertz CT molecular complexity index is 1190. The summed E-state index contributed by atoms with van der Waals surface area (Å²) in [5, 5.41) is 14.4. The second kappa shape index (κ2) is 9.91. The van der Waals surface area contributed by atoms with E-state index >= 15 is 0 Å². The van der Waals surface area contributed by atoms with E-state index in [1.807, 2.05) is 19.1 Å². The molecule has 3 aromatic rings. The topological polar surface area (TPSA) is 100 Å². The van der Waals surface area contributed by atoms with Gasteiger partial charge in [0.25, 0.3) is 5.56 Å². The third-order valence-corrected chi connectivity index (χ3v) is 5.07. The minimum Gasteiger partial charge on any atom is -0.481 e. The minimum atomic E-state index is -1.07. The van der Waals surface area contributed by atoms with Crippen molar-refractivity contribution in [1.29, 1.82) is 0 Å². The average Bonchev–Trinajstić information content (AvgIpc) is 2.74. The van der Waals surface area contributed by atoms with Crippen LogP contribution in [0.15, 0.2) is 65.6 Å². The molecule has 0 bridgehead atoms. The van der Waals surface area contributed by atoms with Crippen molar-refractivity contribution in [2.45, 2.75) is 32.9 Å².